The summed E-state index contributed by atoms with van der Waals surface area (Å²) in [4.78, 5) is 63.9. The van der Waals surface area contributed by atoms with Gasteiger partial charge in [0, 0.05) is 6.42 Å². The van der Waals surface area contributed by atoms with E-state index in [1.807, 2.05) is 31.3 Å². The van der Waals surface area contributed by atoms with E-state index in [0.29, 0.717) is 45.3 Å². The molecule has 1 spiro atoms. The van der Waals surface area contributed by atoms with Gasteiger partial charge >= 0.3 is 256 Å². The molecular formula is C43H48ClIN9O4-. The molecule has 0 aliphatic carbocycles. The summed E-state index contributed by atoms with van der Waals surface area (Å²) >= 11 is 5.96. The molecule has 5 saturated heterocycles. The zero-order valence-corrected chi connectivity index (χ0v) is 35.8. The summed E-state index contributed by atoms with van der Waals surface area (Å²) in [7, 11) is 2.04. The van der Waals surface area contributed by atoms with Gasteiger partial charge in [0.05, 0.1) is 11.1 Å². The molecule has 58 heavy (non-hydrogen) atoms. The summed E-state index contributed by atoms with van der Waals surface area (Å²) in [6.45, 7) is 9.28. The number of allylic oxidation sites excluding steroid dienone is 1. The maximum atomic E-state index is 13.4. The Hall–Kier alpha value is -4.46. The predicted molar refractivity (Wildman–Crippen MR) is 217 cm³/mol. The van der Waals surface area contributed by atoms with Crippen molar-refractivity contribution in [2.24, 2.45) is 8.62 Å². The summed E-state index contributed by atoms with van der Waals surface area (Å²) in [5, 5.41) is 12.1. The standard InChI is InChI=1S/C43H48ClIN9O4/c1-27-21-43(26-53(27)31-4-3-28(23-46)36(44)20-31)13-17-50(18-14-43)32-6-9-38(48-45-22-32)51-15-11-29(12-16-51)52-24-33(25-52)49(2)30-5-7-34-35(19-30)42(58)54(41(34)57)37-8-10-39(55)47-40(37)56/h3-7,9,19-20,22,27,29,33,37H,8,10-18,21,24-26H2,1-2H3,(H,47,55,56)/q-1/t27-,37?/m0/s1. The van der Waals surface area contributed by atoms with Gasteiger partial charge in [-0.15, -0.1) is 0 Å². The van der Waals surface area contributed by atoms with E-state index >= 15 is 0 Å². The number of carbonyl (C=O) groups is 4. The number of nitrogens with one attached hydrogen (secondary N) is 1. The van der Waals surface area contributed by atoms with Gasteiger partial charge in [0.25, 0.3) is 11.8 Å². The number of likely N-dealkylation sites (N-methyl/N-ethyl adjacent to an activating group) is 1. The van der Waals surface area contributed by atoms with Crippen LogP contribution in [0.25, 0.3) is 0 Å². The molecule has 2 atom stereocenters. The Kier molecular flexibility index (Phi) is 10.5. The molecule has 5 fully saturated rings. The van der Waals surface area contributed by atoms with Crippen LogP contribution < -0.4 is 36.6 Å². The normalized spacial score (nSPS) is 25.5. The number of amides is 4. The van der Waals surface area contributed by atoms with Crippen molar-refractivity contribution in [3.63, 3.8) is 0 Å². The Bertz CT molecular complexity index is 2180. The van der Waals surface area contributed by atoms with Crippen LogP contribution >= 0.6 is 11.6 Å². The molecule has 13 nitrogen and oxygen atoms in total. The molecule has 0 radical (unpaired) electrons. The molecule has 7 aliphatic heterocycles. The molecule has 4 amide bonds. The van der Waals surface area contributed by atoms with Crippen LogP contribution in [-0.2, 0) is 9.59 Å². The number of fused-ring (bicyclic) bond motifs is 1. The Morgan fingerprint density at radius 2 is 1.71 bits per heavy atom. The fraction of sp³-hybridized carbons (Fsp3) is 0.488. The van der Waals surface area contributed by atoms with E-state index in [-0.39, 0.29) is 18.7 Å². The first-order valence-electron chi connectivity index (χ1n) is 20.4. The van der Waals surface area contributed by atoms with Gasteiger partial charge in [0.2, 0.25) is 11.8 Å². The molecule has 2 aromatic carbocycles. The number of imide groups is 2. The van der Waals surface area contributed by atoms with Crippen molar-refractivity contribution in [2.45, 2.75) is 76.0 Å². The third-order valence-electron chi connectivity index (χ3n) is 13.6. The SMILES string of the molecule is C[C@H]1CC2(CCN(C3=C[I-]N=C(N4CCC(N5CC(N(C)c6ccc7c(c6)C(=O)N(C6CCC(=O)NC6=O)C7=O)C5)CC4)C=C3)CC2)CN1c1ccc(C#N)c(Cl)c1. The van der Waals surface area contributed by atoms with E-state index in [1.165, 1.54) is 12.1 Å². The van der Waals surface area contributed by atoms with E-state index in [9.17, 15) is 24.4 Å². The van der Waals surface area contributed by atoms with E-state index in [4.69, 9.17) is 14.8 Å². The van der Waals surface area contributed by atoms with Crippen LogP contribution in [0.2, 0.25) is 5.02 Å². The zero-order valence-electron chi connectivity index (χ0n) is 32.9. The van der Waals surface area contributed by atoms with Crippen molar-refractivity contribution in [2.75, 3.05) is 62.7 Å². The number of halogens is 2. The number of hydrogen-bond donors (Lipinski definition) is 1. The average Bonchev–Trinajstić information content (AvgIpc) is 3.50. The van der Waals surface area contributed by atoms with Gasteiger partial charge in [-0.2, -0.15) is 5.26 Å². The number of benzene rings is 2. The molecule has 7 heterocycles. The van der Waals surface area contributed by atoms with Crippen molar-refractivity contribution in [3.8, 4) is 6.07 Å². The van der Waals surface area contributed by atoms with E-state index in [2.05, 4.69) is 59.0 Å². The molecule has 9 rings (SSSR count). The Morgan fingerprint density at radius 1 is 0.948 bits per heavy atom. The maximum absolute atomic E-state index is 13.4. The fourth-order valence-electron chi connectivity index (χ4n) is 10.1. The topological polar surface area (TPSA) is 136 Å². The van der Waals surface area contributed by atoms with Crippen LogP contribution in [-0.4, -0.2) is 126 Å². The number of anilines is 2. The summed E-state index contributed by atoms with van der Waals surface area (Å²) in [6, 6.07) is 13.6. The second-order valence-corrected chi connectivity index (χ2v) is 19.0. The van der Waals surface area contributed by atoms with Gasteiger partial charge < -0.3 is 0 Å². The van der Waals surface area contributed by atoms with Gasteiger partial charge in [0.15, 0.2) is 0 Å². The van der Waals surface area contributed by atoms with Crippen molar-refractivity contribution >= 4 is 52.4 Å². The molecule has 304 valence electrons. The second kappa shape index (κ2) is 15.6. The van der Waals surface area contributed by atoms with Crippen LogP contribution in [0.1, 0.15) is 78.1 Å². The van der Waals surface area contributed by atoms with Crippen LogP contribution in [0, 0.1) is 16.7 Å². The number of rotatable bonds is 6. The van der Waals surface area contributed by atoms with Crippen molar-refractivity contribution < 1.29 is 40.7 Å². The van der Waals surface area contributed by atoms with Gasteiger partial charge in [-0.05, 0) is 12.5 Å². The molecular weight excluding hydrogens is 869 g/mol. The number of nitriles is 1. The number of piperidine rings is 3. The monoisotopic (exact) mass is 916 g/mol. The Morgan fingerprint density at radius 3 is 2.43 bits per heavy atom. The number of nitrogens with zero attached hydrogens (tertiary/aromatic N) is 8. The van der Waals surface area contributed by atoms with Crippen molar-refractivity contribution in [1.82, 2.24) is 24.9 Å². The fourth-order valence-corrected chi connectivity index (χ4v) is 12.1. The van der Waals surface area contributed by atoms with Crippen molar-refractivity contribution in [1.29, 1.82) is 5.26 Å². The predicted octanol–water partition coefficient (Wildman–Crippen LogP) is 1.39. The number of amidine groups is 1. The van der Waals surface area contributed by atoms with Crippen LogP contribution in [0.15, 0.2) is 61.5 Å². The van der Waals surface area contributed by atoms with Gasteiger partial charge in [-0.3, -0.25) is 29.4 Å². The first-order valence-corrected chi connectivity index (χ1v) is 23.0. The van der Waals surface area contributed by atoms with E-state index in [1.54, 1.807) is 12.1 Å². The number of hydrogen-bond acceptors (Lipinski definition) is 11. The minimum absolute atomic E-state index is 0.0988. The average molecular weight is 917 g/mol. The molecule has 0 bridgehead atoms. The molecule has 2 aromatic rings. The number of carbonyl (C=O) groups excluding carboxylic acids is 4. The Labute approximate surface area is 354 Å². The van der Waals surface area contributed by atoms with Crippen molar-refractivity contribution in [3.05, 3.63) is 80.0 Å². The minimum atomic E-state index is -0.967. The molecule has 15 heteroatoms. The summed E-state index contributed by atoms with van der Waals surface area (Å²) in [5.41, 5.74) is 4.73. The van der Waals surface area contributed by atoms with Crippen LogP contribution in [0.5, 0.6) is 0 Å². The van der Waals surface area contributed by atoms with E-state index in [0.717, 1.165) is 93.6 Å². The first-order chi connectivity index (χ1) is 28.0. The third kappa shape index (κ3) is 7.17. The second-order valence-electron chi connectivity index (χ2n) is 17.0. The third-order valence-corrected chi connectivity index (χ3v) is 15.6. The van der Waals surface area contributed by atoms with Gasteiger partial charge in [-0.1, -0.05) is 0 Å². The molecule has 1 N–H and O–H groups in total. The van der Waals surface area contributed by atoms with Gasteiger partial charge in [-0.25, -0.2) is 0 Å². The van der Waals surface area contributed by atoms with Gasteiger partial charge in [0.1, 0.15) is 12.1 Å². The summed E-state index contributed by atoms with van der Waals surface area (Å²) in [6.07, 6.45) is 10.5. The quantitative estimate of drug-likeness (QED) is 0.335. The number of likely N-dealkylation sites (tertiary alicyclic amines) is 3. The van der Waals surface area contributed by atoms with Crippen LogP contribution in [0.4, 0.5) is 11.4 Å². The van der Waals surface area contributed by atoms with Crippen LogP contribution in [0.3, 0.4) is 0 Å². The molecule has 0 aromatic heterocycles. The summed E-state index contributed by atoms with van der Waals surface area (Å²) in [5.74, 6) is -0.824. The molecule has 0 saturated carbocycles. The molecule has 7 aliphatic rings. The first kappa shape index (κ1) is 39.0. The van der Waals surface area contributed by atoms with E-state index < -0.39 is 45.2 Å². The molecule has 1 unspecified atom stereocenters. The Balaban J connectivity index is 0.734. The summed E-state index contributed by atoms with van der Waals surface area (Å²) < 4.78 is 7.49. The zero-order chi connectivity index (χ0) is 40.3.